The molecular weight excluding hydrogens is 256 g/mol. The molecule has 0 spiro atoms. The van der Waals surface area contributed by atoms with Gasteiger partial charge in [-0.1, -0.05) is 48.5 Å². The standard InChI is InChI=1S/C19H16N2/c1-13-10-14(12-20-11-13)21-19-17-8-4-2-6-15(17)16-7-3-5-9-18(16)19/h2-12,19,21H,1H3. The van der Waals surface area contributed by atoms with Crippen LogP contribution in [0.25, 0.3) is 11.1 Å². The summed E-state index contributed by atoms with van der Waals surface area (Å²) in [4.78, 5) is 4.28. The SMILES string of the molecule is Cc1cncc(NC2c3ccccc3-c3ccccc32)c1. The van der Waals surface area contributed by atoms with Crippen LogP contribution in [-0.4, -0.2) is 4.98 Å². The number of aryl methyl sites for hydroxylation is 1. The lowest BCUT2D eigenvalue weighted by molar-refractivity contribution is 0.969. The van der Waals surface area contributed by atoms with Gasteiger partial charge in [-0.25, -0.2) is 0 Å². The molecule has 4 rings (SSSR count). The summed E-state index contributed by atoms with van der Waals surface area (Å²) in [5.41, 5.74) is 7.55. The highest BCUT2D eigenvalue weighted by molar-refractivity contribution is 5.80. The first-order valence-corrected chi connectivity index (χ1v) is 7.19. The number of fused-ring (bicyclic) bond motifs is 3. The predicted octanol–water partition coefficient (Wildman–Crippen LogP) is 4.57. The number of nitrogens with zero attached hydrogens (tertiary/aromatic N) is 1. The lowest BCUT2D eigenvalue weighted by Crippen LogP contribution is -2.09. The van der Waals surface area contributed by atoms with Crippen LogP contribution in [0.4, 0.5) is 5.69 Å². The molecule has 0 unspecified atom stereocenters. The Morgan fingerprint density at radius 2 is 1.48 bits per heavy atom. The molecule has 21 heavy (non-hydrogen) atoms. The summed E-state index contributed by atoms with van der Waals surface area (Å²) in [5, 5.41) is 3.63. The maximum absolute atomic E-state index is 4.28. The number of pyridine rings is 1. The Hall–Kier alpha value is -2.61. The second kappa shape index (κ2) is 4.74. The van der Waals surface area contributed by atoms with E-state index in [1.807, 2.05) is 12.4 Å². The third-order valence-electron chi connectivity index (χ3n) is 4.02. The minimum Gasteiger partial charge on any atom is -0.373 e. The average molecular weight is 272 g/mol. The van der Waals surface area contributed by atoms with Crippen LogP contribution in [0.5, 0.6) is 0 Å². The van der Waals surface area contributed by atoms with Crippen molar-refractivity contribution in [2.45, 2.75) is 13.0 Å². The van der Waals surface area contributed by atoms with Gasteiger partial charge in [-0.15, -0.1) is 0 Å². The lowest BCUT2D eigenvalue weighted by Gasteiger charge is -2.17. The third kappa shape index (κ3) is 2.00. The Morgan fingerprint density at radius 3 is 2.10 bits per heavy atom. The molecule has 0 radical (unpaired) electrons. The van der Waals surface area contributed by atoms with Gasteiger partial charge in [0, 0.05) is 12.4 Å². The van der Waals surface area contributed by atoms with Crippen LogP contribution < -0.4 is 5.32 Å². The van der Waals surface area contributed by atoms with E-state index < -0.39 is 0 Å². The molecule has 2 aromatic carbocycles. The quantitative estimate of drug-likeness (QED) is 0.739. The van der Waals surface area contributed by atoms with Gasteiger partial charge in [0.15, 0.2) is 0 Å². The van der Waals surface area contributed by atoms with Crippen molar-refractivity contribution in [1.29, 1.82) is 0 Å². The summed E-state index contributed by atoms with van der Waals surface area (Å²) >= 11 is 0. The summed E-state index contributed by atoms with van der Waals surface area (Å²) in [6.45, 7) is 2.06. The molecule has 1 heterocycles. The summed E-state index contributed by atoms with van der Waals surface area (Å²) in [6.07, 6.45) is 3.76. The van der Waals surface area contributed by atoms with E-state index in [2.05, 4.69) is 71.8 Å². The van der Waals surface area contributed by atoms with E-state index in [1.165, 1.54) is 27.8 Å². The summed E-state index contributed by atoms with van der Waals surface area (Å²) in [6, 6.07) is 19.6. The van der Waals surface area contributed by atoms with Crippen molar-refractivity contribution in [3.8, 4) is 11.1 Å². The van der Waals surface area contributed by atoms with Crippen LogP contribution in [0.2, 0.25) is 0 Å². The molecule has 2 nitrogen and oxygen atoms in total. The van der Waals surface area contributed by atoms with Gasteiger partial charge in [0.2, 0.25) is 0 Å². The fraction of sp³-hybridized carbons (Fsp3) is 0.105. The highest BCUT2D eigenvalue weighted by Gasteiger charge is 2.27. The summed E-state index contributed by atoms with van der Waals surface area (Å²) in [7, 11) is 0. The number of aromatic nitrogens is 1. The van der Waals surface area contributed by atoms with Gasteiger partial charge in [0.1, 0.15) is 0 Å². The van der Waals surface area contributed by atoms with Crippen molar-refractivity contribution < 1.29 is 0 Å². The Bertz CT molecular complexity index is 762. The van der Waals surface area contributed by atoms with Gasteiger partial charge < -0.3 is 5.32 Å². The monoisotopic (exact) mass is 272 g/mol. The van der Waals surface area contributed by atoms with Crippen LogP contribution in [-0.2, 0) is 0 Å². The minimum absolute atomic E-state index is 0.195. The number of rotatable bonds is 2. The molecule has 1 aliphatic rings. The van der Waals surface area contributed by atoms with Crippen molar-refractivity contribution in [3.63, 3.8) is 0 Å². The molecule has 1 N–H and O–H groups in total. The van der Waals surface area contributed by atoms with Crippen molar-refractivity contribution >= 4 is 5.69 Å². The van der Waals surface area contributed by atoms with Gasteiger partial charge in [0.25, 0.3) is 0 Å². The van der Waals surface area contributed by atoms with Crippen molar-refractivity contribution in [3.05, 3.63) is 83.7 Å². The van der Waals surface area contributed by atoms with E-state index >= 15 is 0 Å². The molecule has 0 bridgehead atoms. The highest BCUT2D eigenvalue weighted by atomic mass is 14.9. The number of hydrogen-bond acceptors (Lipinski definition) is 2. The van der Waals surface area contributed by atoms with Crippen LogP contribution in [0.15, 0.2) is 67.0 Å². The predicted molar refractivity (Wildman–Crippen MR) is 86.3 cm³/mol. The topological polar surface area (TPSA) is 24.9 Å². The zero-order valence-corrected chi connectivity index (χ0v) is 11.9. The molecule has 3 aromatic rings. The van der Waals surface area contributed by atoms with E-state index in [0.717, 1.165) is 5.69 Å². The Balaban J connectivity index is 1.82. The Kier molecular flexibility index (Phi) is 2.74. The fourth-order valence-corrected chi connectivity index (χ4v) is 3.11. The van der Waals surface area contributed by atoms with Crippen LogP contribution in [0, 0.1) is 6.92 Å². The van der Waals surface area contributed by atoms with Crippen LogP contribution in [0.3, 0.4) is 0 Å². The van der Waals surface area contributed by atoms with Crippen molar-refractivity contribution in [2.24, 2.45) is 0 Å². The second-order valence-corrected chi connectivity index (χ2v) is 5.50. The molecule has 1 aromatic heterocycles. The van der Waals surface area contributed by atoms with Crippen molar-refractivity contribution in [2.75, 3.05) is 5.32 Å². The maximum Gasteiger partial charge on any atom is 0.0780 e. The van der Waals surface area contributed by atoms with E-state index in [1.54, 1.807) is 0 Å². The molecule has 0 saturated heterocycles. The Labute approximate surface area is 124 Å². The molecular formula is C19H16N2. The lowest BCUT2D eigenvalue weighted by atomic mass is 10.1. The highest BCUT2D eigenvalue weighted by Crippen LogP contribution is 2.44. The molecule has 2 heteroatoms. The van der Waals surface area contributed by atoms with Gasteiger partial charge in [-0.3, -0.25) is 4.98 Å². The molecule has 0 aliphatic heterocycles. The zero-order chi connectivity index (χ0) is 14.2. The minimum atomic E-state index is 0.195. The van der Waals surface area contributed by atoms with E-state index in [0.29, 0.717) is 0 Å². The molecule has 0 amide bonds. The normalized spacial score (nSPS) is 12.8. The van der Waals surface area contributed by atoms with Crippen LogP contribution in [0.1, 0.15) is 22.7 Å². The van der Waals surface area contributed by atoms with Gasteiger partial charge in [-0.2, -0.15) is 0 Å². The fourth-order valence-electron chi connectivity index (χ4n) is 3.11. The number of anilines is 1. The number of nitrogens with one attached hydrogen (secondary N) is 1. The van der Waals surface area contributed by atoms with E-state index in [9.17, 15) is 0 Å². The number of benzene rings is 2. The average Bonchev–Trinajstić information content (AvgIpc) is 2.83. The molecule has 0 atom stereocenters. The first-order chi connectivity index (χ1) is 10.3. The zero-order valence-electron chi connectivity index (χ0n) is 11.9. The molecule has 102 valence electrons. The summed E-state index contributed by atoms with van der Waals surface area (Å²) < 4.78 is 0. The van der Waals surface area contributed by atoms with E-state index in [-0.39, 0.29) is 6.04 Å². The van der Waals surface area contributed by atoms with E-state index in [4.69, 9.17) is 0 Å². The Morgan fingerprint density at radius 1 is 0.857 bits per heavy atom. The second-order valence-electron chi connectivity index (χ2n) is 5.50. The number of hydrogen-bond donors (Lipinski definition) is 1. The van der Waals surface area contributed by atoms with Gasteiger partial charge >= 0.3 is 0 Å². The molecule has 1 aliphatic carbocycles. The maximum atomic E-state index is 4.28. The first kappa shape index (κ1) is 12.2. The third-order valence-corrected chi connectivity index (χ3v) is 4.02. The largest absolute Gasteiger partial charge is 0.373 e. The summed E-state index contributed by atoms with van der Waals surface area (Å²) in [5.74, 6) is 0. The molecule has 0 fully saturated rings. The van der Waals surface area contributed by atoms with Gasteiger partial charge in [-0.05, 0) is 40.8 Å². The van der Waals surface area contributed by atoms with Gasteiger partial charge in [0.05, 0.1) is 11.7 Å². The van der Waals surface area contributed by atoms with Crippen molar-refractivity contribution in [1.82, 2.24) is 4.98 Å². The van der Waals surface area contributed by atoms with Crippen LogP contribution >= 0.6 is 0 Å². The first-order valence-electron chi connectivity index (χ1n) is 7.19. The molecule has 0 saturated carbocycles. The smallest absolute Gasteiger partial charge is 0.0780 e.